The van der Waals surface area contributed by atoms with E-state index in [4.69, 9.17) is 0 Å². The molecule has 0 spiro atoms. The summed E-state index contributed by atoms with van der Waals surface area (Å²) in [5, 5.41) is 6.74. The van der Waals surface area contributed by atoms with Gasteiger partial charge in [0.2, 0.25) is 0 Å². The highest BCUT2D eigenvalue weighted by molar-refractivity contribution is 6.07. The lowest BCUT2D eigenvalue weighted by Crippen LogP contribution is -2.54. The molecule has 0 bridgehead atoms. The molecule has 3 aromatic rings. The second kappa shape index (κ2) is 9.19. The van der Waals surface area contributed by atoms with Crippen LogP contribution < -0.4 is 20.4 Å². The number of amides is 2. The highest BCUT2D eigenvalue weighted by Gasteiger charge is 2.38. The third-order valence-corrected chi connectivity index (χ3v) is 6.44. The van der Waals surface area contributed by atoms with Crippen molar-refractivity contribution in [3.8, 4) is 0 Å². The molecule has 0 radical (unpaired) electrons. The standard InChI is InChI=1S/C26H28FN5O/c1-18-6-5-9-22(27)25(18)31-17-20-16-30-24(29-15-19-7-3-2-4-8-19)14-23(20)32(26(31)33)21-10-12-28-13-11-21/h2-9,14,16,21,28H,10-13,15,17H2,1H3,(H,29,30). The first kappa shape index (κ1) is 21.4. The van der Waals surface area contributed by atoms with E-state index in [1.54, 1.807) is 11.0 Å². The summed E-state index contributed by atoms with van der Waals surface area (Å²) in [6.45, 7) is 4.49. The number of aryl methyl sites for hydroxylation is 1. The van der Waals surface area contributed by atoms with E-state index in [-0.39, 0.29) is 17.9 Å². The molecule has 6 nitrogen and oxygen atoms in total. The number of hydrogen-bond acceptors (Lipinski definition) is 4. The number of hydrogen-bond donors (Lipinski definition) is 2. The molecule has 0 aliphatic carbocycles. The van der Waals surface area contributed by atoms with Crippen LogP contribution in [0.4, 0.5) is 26.4 Å². The molecule has 5 rings (SSSR count). The fourth-order valence-electron chi connectivity index (χ4n) is 4.73. The Hall–Kier alpha value is -3.45. The van der Waals surface area contributed by atoms with Crippen LogP contribution in [0.25, 0.3) is 0 Å². The zero-order valence-corrected chi connectivity index (χ0v) is 18.7. The Morgan fingerprint density at radius 1 is 1.12 bits per heavy atom. The van der Waals surface area contributed by atoms with Gasteiger partial charge >= 0.3 is 6.03 Å². The van der Waals surface area contributed by atoms with Gasteiger partial charge in [-0.1, -0.05) is 42.5 Å². The van der Waals surface area contributed by atoms with Crippen LogP contribution in [0.2, 0.25) is 0 Å². The number of carbonyl (C=O) groups is 1. The van der Waals surface area contributed by atoms with E-state index in [9.17, 15) is 9.18 Å². The molecule has 1 fully saturated rings. The quantitative estimate of drug-likeness (QED) is 0.590. The van der Waals surface area contributed by atoms with Gasteiger partial charge in [-0.05, 0) is 50.0 Å². The van der Waals surface area contributed by atoms with Gasteiger partial charge in [-0.25, -0.2) is 14.2 Å². The number of anilines is 3. The summed E-state index contributed by atoms with van der Waals surface area (Å²) >= 11 is 0. The van der Waals surface area contributed by atoms with Crippen LogP contribution in [0, 0.1) is 12.7 Å². The van der Waals surface area contributed by atoms with Crippen LogP contribution in [0.3, 0.4) is 0 Å². The average molecular weight is 446 g/mol. The SMILES string of the molecule is Cc1cccc(F)c1N1Cc2cnc(NCc3ccccc3)cc2N(C2CCNCC2)C1=O. The van der Waals surface area contributed by atoms with Gasteiger partial charge in [0.05, 0.1) is 17.9 Å². The normalized spacial score (nSPS) is 16.6. The van der Waals surface area contributed by atoms with Crippen LogP contribution in [-0.4, -0.2) is 30.1 Å². The predicted molar refractivity (Wildman–Crippen MR) is 129 cm³/mol. The van der Waals surface area contributed by atoms with Crippen molar-refractivity contribution in [1.29, 1.82) is 0 Å². The van der Waals surface area contributed by atoms with E-state index < -0.39 is 0 Å². The highest BCUT2D eigenvalue weighted by Crippen LogP contribution is 2.37. The third-order valence-electron chi connectivity index (χ3n) is 6.44. The molecule has 0 unspecified atom stereocenters. The summed E-state index contributed by atoms with van der Waals surface area (Å²) in [4.78, 5) is 21.8. The fourth-order valence-corrected chi connectivity index (χ4v) is 4.73. The molecule has 2 aliphatic rings. The zero-order valence-electron chi connectivity index (χ0n) is 18.7. The van der Waals surface area contributed by atoms with Crippen LogP contribution in [0.15, 0.2) is 60.8 Å². The topological polar surface area (TPSA) is 60.5 Å². The average Bonchev–Trinajstić information content (AvgIpc) is 2.84. The minimum atomic E-state index is -0.383. The molecule has 0 saturated carbocycles. The fraction of sp³-hybridized carbons (Fsp3) is 0.308. The van der Waals surface area contributed by atoms with Crippen LogP contribution in [0.5, 0.6) is 0 Å². The number of carbonyl (C=O) groups excluding carboxylic acids is 1. The lowest BCUT2D eigenvalue weighted by atomic mass is 10.0. The van der Waals surface area contributed by atoms with Crippen molar-refractivity contribution in [2.75, 3.05) is 28.2 Å². The number of halogens is 1. The minimum absolute atomic E-state index is 0.0525. The van der Waals surface area contributed by atoms with Gasteiger partial charge in [0, 0.05) is 30.4 Å². The molecular weight excluding hydrogens is 417 g/mol. The van der Waals surface area contributed by atoms with E-state index in [0.29, 0.717) is 18.8 Å². The Kier molecular flexibility index (Phi) is 5.96. The molecule has 7 heteroatoms. The third kappa shape index (κ3) is 4.28. The smallest absolute Gasteiger partial charge is 0.329 e. The monoisotopic (exact) mass is 445 g/mol. The zero-order chi connectivity index (χ0) is 22.8. The van der Waals surface area contributed by atoms with E-state index in [1.807, 2.05) is 48.4 Å². The molecule has 2 aromatic carbocycles. The number of fused-ring (bicyclic) bond motifs is 1. The Morgan fingerprint density at radius 3 is 2.67 bits per heavy atom. The predicted octanol–water partition coefficient (Wildman–Crippen LogP) is 4.84. The number of nitrogens with zero attached hydrogens (tertiary/aromatic N) is 3. The van der Waals surface area contributed by atoms with Crippen molar-refractivity contribution in [2.45, 2.75) is 38.9 Å². The Bertz CT molecular complexity index is 1130. The number of nitrogens with one attached hydrogen (secondary N) is 2. The van der Waals surface area contributed by atoms with Crippen molar-refractivity contribution in [2.24, 2.45) is 0 Å². The summed E-state index contributed by atoms with van der Waals surface area (Å²) in [6, 6.07) is 16.9. The molecule has 170 valence electrons. The van der Waals surface area contributed by atoms with Gasteiger partial charge in [-0.3, -0.25) is 9.80 Å². The van der Waals surface area contributed by atoms with E-state index in [0.717, 1.165) is 54.1 Å². The highest BCUT2D eigenvalue weighted by atomic mass is 19.1. The minimum Gasteiger partial charge on any atom is -0.366 e. The summed E-state index contributed by atoms with van der Waals surface area (Å²) < 4.78 is 14.8. The lowest BCUT2D eigenvalue weighted by Gasteiger charge is -2.43. The summed E-state index contributed by atoms with van der Waals surface area (Å²) in [5.74, 6) is 0.339. The number of urea groups is 1. The van der Waals surface area contributed by atoms with Gasteiger partial charge in [0.1, 0.15) is 11.6 Å². The Morgan fingerprint density at radius 2 is 1.91 bits per heavy atom. The van der Waals surface area contributed by atoms with Crippen molar-refractivity contribution in [1.82, 2.24) is 10.3 Å². The van der Waals surface area contributed by atoms with Gasteiger partial charge in [-0.15, -0.1) is 0 Å². The van der Waals surface area contributed by atoms with Gasteiger partial charge < -0.3 is 10.6 Å². The van der Waals surface area contributed by atoms with Crippen LogP contribution in [-0.2, 0) is 13.1 Å². The molecule has 3 heterocycles. The Balaban J connectivity index is 1.50. The summed E-state index contributed by atoms with van der Waals surface area (Å²) in [5.41, 5.74) is 4.03. The summed E-state index contributed by atoms with van der Waals surface area (Å²) in [6.07, 6.45) is 3.51. The largest absolute Gasteiger partial charge is 0.366 e. The van der Waals surface area contributed by atoms with Gasteiger partial charge in [0.25, 0.3) is 0 Å². The molecule has 2 aliphatic heterocycles. The van der Waals surface area contributed by atoms with Crippen molar-refractivity contribution >= 4 is 23.2 Å². The van der Waals surface area contributed by atoms with Crippen LogP contribution >= 0.6 is 0 Å². The van der Waals surface area contributed by atoms with Gasteiger partial charge in [0.15, 0.2) is 0 Å². The molecule has 1 saturated heterocycles. The molecule has 2 N–H and O–H groups in total. The molecule has 1 aromatic heterocycles. The maximum Gasteiger partial charge on any atom is 0.329 e. The van der Waals surface area contributed by atoms with Crippen molar-refractivity contribution in [3.05, 3.63) is 83.3 Å². The van der Waals surface area contributed by atoms with E-state index >= 15 is 0 Å². The number of aromatic nitrogens is 1. The number of benzene rings is 2. The van der Waals surface area contributed by atoms with E-state index in [2.05, 4.69) is 27.8 Å². The van der Waals surface area contributed by atoms with Crippen molar-refractivity contribution < 1.29 is 9.18 Å². The number of rotatable bonds is 5. The first-order valence-electron chi connectivity index (χ1n) is 11.4. The number of pyridine rings is 1. The molecule has 0 atom stereocenters. The maximum absolute atomic E-state index is 14.8. The molecule has 2 amide bonds. The van der Waals surface area contributed by atoms with Crippen molar-refractivity contribution in [3.63, 3.8) is 0 Å². The van der Waals surface area contributed by atoms with E-state index in [1.165, 1.54) is 6.07 Å². The first-order valence-corrected chi connectivity index (χ1v) is 11.4. The maximum atomic E-state index is 14.8. The second-order valence-corrected chi connectivity index (χ2v) is 8.66. The number of piperidine rings is 1. The van der Waals surface area contributed by atoms with Crippen LogP contribution in [0.1, 0.15) is 29.5 Å². The molecule has 33 heavy (non-hydrogen) atoms. The summed E-state index contributed by atoms with van der Waals surface area (Å²) in [7, 11) is 0. The first-order chi connectivity index (χ1) is 16.1. The number of para-hydroxylation sites is 1. The molecular formula is C26H28FN5O. The second-order valence-electron chi connectivity index (χ2n) is 8.66. The lowest BCUT2D eigenvalue weighted by molar-refractivity contribution is 0.245. The Labute approximate surface area is 193 Å². The van der Waals surface area contributed by atoms with Gasteiger partial charge in [-0.2, -0.15) is 0 Å².